The summed E-state index contributed by atoms with van der Waals surface area (Å²) in [5.41, 5.74) is 10.7. The van der Waals surface area contributed by atoms with Gasteiger partial charge in [-0.05, 0) is 73.5 Å². The number of ether oxygens (including phenoxy) is 1. The number of aryl methyl sites for hydroxylation is 1. The van der Waals surface area contributed by atoms with Crippen molar-refractivity contribution in [3.8, 4) is 17.0 Å². The van der Waals surface area contributed by atoms with Crippen LogP contribution in [-0.4, -0.2) is 36.0 Å². The van der Waals surface area contributed by atoms with Crippen molar-refractivity contribution in [2.75, 3.05) is 19.9 Å². The van der Waals surface area contributed by atoms with Gasteiger partial charge in [-0.15, -0.1) is 11.8 Å². The number of thioether (sulfide) groups is 1. The van der Waals surface area contributed by atoms with Gasteiger partial charge in [-0.25, -0.2) is 0 Å². The third kappa shape index (κ3) is 4.34. The zero-order valence-electron chi connectivity index (χ0n) is 16.2. The summed E-state index contributed by atoms with van der Waals surface area (Å²) in [6.07, 6.45) is 4.86. The number of nitrogens with two attached hydrogens (primary N) is 1. The summed E-state index contributed by atoms with van der Waals surface area (Å²) in [5.74, 6) is -0.00989. The van der Waals surface area contributed by atoms with E-state index in [0.29, 0.717) is 6.54 Å². The summed E-state index contributed by atoms with van der Waals surface area (Å²) < 4.78 is 5.63. The second-order valence-electron chi connectivity index (χ2n) is 6.74. The summed E-state index contributed by atoms with van der Waals surface area (Å²) in [6, 6.07) is 12.0. The molecule has 6 heteroatoms. The van der Waals surface area contributed by atoms with E-state index in [9.17, 15) is 4.79 Å². The Kier molecular flexibility index (Phi) is 6.65. The molecule has 0 bridgehead atoms. The first-order valence-corrected chi connectivity index (χ1v) is 10.6. The second kappa shape index (κ2) is 9.17. The largest absolute Gasteiger partial charge is 0.496 e. The van der Waals surface area contributed by atoms with Crippen molar-refractivity contribution >= 4 is 28.6 Å². The number of carboxylic acid groups (broad SMARTS) is 1. The molecule has 0 unspecified atom stereocenters. The Bertz CT molecular complexity index is 981. The molecule has 0 fully saturated rings. The van der Waals surface area contributed by atoms with Crippen LogP contribution in [0.15, 0.2) is 41.3 Å². The van der Waals surface area contributed by atoms with Crippen LogP contribution in [0.25, 0.3) is 22.2 Å². The number of benzene rings is 2. The highest BCUT2D eigenvalue weighted by Crippen LogP contribution is 2.38. The van der Waals surface area contributed by atoms with Crippen LogP contribution < -0.4 is 10.5 Å². The molecule has 28 heavy (non-hydrogen) atoms. The highest BCUT2D eigenvalue weighted by atomic mass is 32.2. The van der Waals surface area contributed by atoms with E-state index >= 15 is 0 Å². The normalized spacial score (nSPS) is 11.1. The number of aromatic nitrogens is 1. The fraction of sp³-hybridized carbons (Fsp3) is 0.318. The summed E-state index contributed by atoms with van der Waals surface area (Å²) in [4.78, 5) is 15.8. The van der Waals surface area contributed by atoms with Gasteiger partial charge in [0.15, 0.2) is 0 Å². The van der Waals surface area contributed by atoms with E-state index in [2.05, 4.69) is 23.4 Å². The minimum absolute atomic E-state index is 0.0178. The van der Waals surface area contributed by atoms with E-state index in [1.807, 2.05) is 24.3 Å². The van der Waals surface area contributed by atoms with E-state index in [1.54, 1.807) is 18.9 Å². The van der Waals surface area contributed by atoms with Crippen molar-refractivity contribution in [2.24, 2.45) is 5.73 Å². The van der Waals surface area contributed by atoms with Gasteiger partial charge in [0.2, 0.25) is 0 Å². The van der Waals surface area contributed by atoms with Crippen LogP contribution in [0.4, 0.5) is 0 Å². The Hall–Kier alpha value is -2.44. The Labute approximate surface area is 169 Å². The van der Waals surface area contributed by atoms with Crippen molar-refractivity contribution in [1.29, 1.82) is 0 Å². The van der Waals surface area contributed by atoms with Crippen molar-refractivity contribution in [3.63, 3.8) is 0 Å². The first-order chi connectivity index (χ1) is 13.6. The Morgan fingerprint density at radius 2 is 2.04 bits per heavy atom. The summed E-state index contributed by atoms with van der Waals surface area (Å²) >= 11 is 1.69. The van der Waals surface area contributed by atoms with Crippen LogP contribution in [0.5, 0.6) is 5.75 Å². The number of carboxylic acids is 1. The molecule has 4 N–H and O–H groups in total. The lowest BCUT2D eigenvalue weighted by Gasteiger charge is -2.11. The molecule has 0 aliphatic rings. The van der Waals surface area contributed by atoms with Gasteiger partial charge in [0.1, 0.15) is 5.75 Å². The maximum absolute atomic E-state index is 11.1. The summed E-state index contributed by atoms with van der Waals surface area (Å²) in [5, 5.41) is 10.2. The van der Waals surface area contributed by atoms with Crippen LogP contribution in [-0.2, 0) is 17.6 Å². The van der Waals surface area contributed by atoms with Crippen LogP contribution in [0, 0.1) is 0 Å². The van der Waals surface area contributed by atoms with Crippen LogP contribution in [0.2, 0.25) is 0 Å². The van der Waals surface area contributed by atoms with Crippen LogP contribution in [0.3, 0.4) is 0 Å². The minimum atomic E-state index is -0.825. The Morgan fingerprint density at radius 3 is 2.71 bits per heavy atom. The molecule has 0 spiro atoms. The van der Waals surface area contributed by atoms with E-state index < -0.39 is 5.97 Å². The first-order valence-electron chi connectivity index (χ1n) is 9.35. The molecule has 2 aromatic carbocycles. The van der Waals surface area contributed by atoms with Gasteiger partial charge in [-0.3, -0.25) is 4.79 Å². The van der Waals surface area contributed by atoms with Crippen molar-refractivity contribution in [1.82, 2.24) is 4.98 Å². The number of fused-ring (bicyclic) bond motifs is 1. The molecule has 3 aromatic rings. The van der Waals surface area contributed by atoms with Gasteiger partial charge in [-0.1, -0.05) is 6.07 Å². The molecule has 0 radical (unpaired) electrons. The third-order valence-electron chi connectivity index (χ3n) is 4.88. The second-order valence-corrected chi connectivity index (χ2v) is 7.62. The molecular formula is C22H26N2O3S. The lowest BCUT2D eigenvalue weighted by Crippen LogP contribution is -2.00. The van der Waals surface area contributed by atoms with Gasteiger partial charge in [0.05, 0.1) is 19.2 Å². The van der Waals surface area contributed by atoms with E-state index in [-0.39, 0.29) is 6.42 Å². The molecule has 0 amide bonds. The number of methoxy groups -OCH3 is 1. The van der Waals surface area contributed by atoms with E-state index in [0.717, 1.165) is 57.6 Å². The first kappa shape index (κ1) is 20.3. The zero-order valence-corrected chi connectivity index (χ0v) is 17.1. The quantitative estimate of drug-likeness (QED) is 0.365. The number of aliphatic carboxylic acids is 1. The number of unbranched alkanes of at least 4 members (excludes halogenated alkanes) is 1. The van der Waals surface area contributed by atoms with Crippen molar-refractivity contribution in [2.45, 2.75) is 30.6 Å². The van der Waals surface area contributed by atoms with Crippen molar-refractivity contribution < 1.29 is 14.6 Å². The number of nitrogens with one attached hydrogen (secondary N) is 1. The zero-order chi connectivity index (χ0) is 20.1. The van der Waals surface area contributed by atoms with Gasteiger partial charge in [0, 0.05) is 21.4 Å². The lowest BCUT2D eigenvalue weighted by molar-refractivity contribution is -0.136. The molecule has 0 saturated heterocycles. The van der Waals surface area contributed by atoms with Gasteiger partial charge < -0.3 is 20.6 Å². The predicted octanol–water partition coefficient (Wildman–Crippen LogP) is 4.47. The number of hydrogen-bond donors (Lipinski definition) is 3. The molecule has 0 atom stereocenters. The Morgan fingerprint density at radius 1 is 1.21 bits per heavy atom. The smallest absolute Gasteiger partial charge is 0.307 e. The fourth-order valence-corrected chi connectivity index (χ4v) is 3.96. The van der Waals surface area contributed by atoms with Crippen LogP contribution >= 0.6 is 11.8 Å². The third-order valence-corrected chi connectivity index (χ3v) is 5.61. The predicted molar refractivity (Wildman–Crippen MR) is 115 cm³/mol. The highest BCUT2D eigenvalue weighted by Gasteiger charge is 2.17. The number of rotatable bonds is 9. The fourth-order valence-electron chi connectivity index (χ4n) is 3.52. The molecule has 1 aromatic heterocycles. The van der Waals surface area contributed by atoms with Crippen LogP contribution in [0.1, 0.15) is 24.0 Å². The monoisotopic (exact) mass is 398 g/mol. The molecule has 0 saturated carbocycles. The Balaban J connectivity index is 2.18. The lowest BCUT2D eigenvalue weighted by atomic mass is 9.98. The van der Waals surface area contributed by atoms with E-state index in [1.165, 1.54) is 5.56 Å². The topological polar surface area (TPSA) is 88.3 Å². The number of hydrogen-bond acceptors (Lipinski definition) is 4. The minimum Gasteiger partial charge on any atom is -0.496 e. The SMILES string of the molecule is COc1ccc(SC)cc1-c1[nH]c2ccc(CC(=O)O)cc2c1CCCCN. The molecule has 0 aliphatic heterocycles. The van der Waals surface area contributed by atoms with Gasteiger partial charge in [0.25, 0.3) is 0 Å². The average Bonchev–Trinajstić information content (AvgIpc) is 3.05. The summed E-state index contributed by atoms with van der Waals surface area (Å²) in [6.45, 7) is 0.660. The molecule has 3 rings (SSSR count). The molecule has 148 valence electrons. The number of H-pyrrole nitrogens is 1. The number of aromatic amines is 1. The average molecular weight is 399 g/mol. The molecular weight excluding hydrogens is 372 g/mol. The standard InChI is InChI=1S/C22H26N2O3S/c1-27-20-9-7-15(28-2)13-18(20)22-16(5-3-4-10-23)17-11-14(12-21(25)26)6-8-19(17)24-22/h6-9,11,13,24H,3-5,10,12,23H2,1-2H3,(H,25,26). The van der Waals surface area contributed by atoms with Gasteiger partial charge >= 0.3 is 5.97 Å². The molecule has 1 heterocycles. The molecule has 5 nitrogen and oxygen atoms in total. The summed E-state index contributed by atoms with van der Waals surface area (Å²) in [7, 11) is 1.68. The van der Waals surface area contributed by atoms with Gasteiger partial charge in [-0.2, -0.15) is 0 Å². The highest BCUT2D eigenvalue weighted by molar-refractivity contribution is 7.98. The maximum Gasteiger partial charge on any atom is 0.307 e. The number of carbonyl (C=O) groups is 1. The maximum atomic E-state index is 11.1. The molecule has 0 aliphatic carbocycles. The van der Waals surface area contributed by atoms with E-state index in [4.69, 9.17) is 15.6 Å². The van der Waals surface area contributed by atoms with Crippen molar-refractivity contribution in [3.05, 3.63) is 47.5 Å².